The molecule has 0 fully saturated rings. The predicted octanol–water partition coefficient (Wildman–Crippen LogP) is 5.18. The lowest BCUT2D eigenvalue weighted by Crippen LogP contribution is -2.33. The minimum absolute atomic E-state index is 0.0192. The summed E-state index contributed by atoms with van der Waals surface area (Å²) in [5, 5.41) is 2.77. The zero-order valence-corrected chi connectivity index (χ0v) is 16.6. The van der Waals surface area contributed by atoms with Crippen molar-refractivity contribution >= 4 is 35.2 Å². The zero-order chi connectivity index (χ0) is 21.9. The van der Waals surface area contributed by atoms with Crippen LogP contribution in [-0.2, 0) is 9.59 Å². The molecule has 1 aliphatic heterocycles. The summed E-state index contributed by atoms with van der Waals surface area (Å²) in [5.41, 5.74) is 1.69. The van der Waals surface area contributed by atoms with Crippen LogP contribution in [0.3, 0.4) is 0 Å². The van der Waals surface area contributed by atoms with Crippen molar-refractivity contribution in [3.63, 3.8) is 0 Å². The number of amides is 2. The second kappa shape index (κ2) is 8.79. The maximum absolute atomic E-state index is 12.7. The first kappa shape index (κ1) is 21.7. The molecule has 0 aliphatic carbocycles. The molecule has 5 nitrogen and oxygen atoms in total. The van der Waals surface area contributed by atoms with Crippen LogP contribution < -0.4 is 10.1 Å². The van der Waals surface area contributed by atoms with E-state index >= 15 is 0 Å². The summed E-state index contributed by atoms with van der Waals surface area (Å²) < 4.78 is 42.3. The fourth-order valence-corrected chi connectivity index (χ4v) is 3.35. The van der Waals surface area contributed by atoms with Crippen molar-refractivity contribution in [1.82, 2.24) is 4.90 Å². The van der Waals surface area contributed by atoms with Crippen LogP contribution in [-0.4, -0.2) is 29.5 Å². The number of ether oxygens (including phenoxy) is 1. The highest BCUT2D eigenvalue weighted by Gasteiger charge is 2.30. The Kier molecular flexibility index (Phi) is 6.36. The minimum Gasteiger partial charge on any atom is -0.482 e. The highest BCUT2D eigenvalue weighted by molar-refractivity contribution is 6.31. The number of halogens is 4. The van der Waals surface area contributed by atoms with Crippen LogP contribution in [0.2, 0.25) is 5.02 Å². The molecule has 0 saturated carbocycles. The molecule has 0 aromatic heterocycles. The smallest absolute Gasteiger partial charge is 0.422 e. The Bertz CT molecular complexity index is 992. The van der Waals surface area contributed by atoms with Crippen molar-refractivity contribution in [3.05, 3.63) is 64.8 Å². The Morgan fingerprint density at radius 1 is 1.20 bits per heavy atom. The van der Waals surface area contributed by atoms with Gasteiger partial charge in [0.1, 0.15) is 5.75 Å². The van der Waals surface area contributed by atoms with Gasteiger partial charge in [0.25, 0.3) is 0 Å². The van der Waals surface area contributed by atoms with Crippen molar-refractivity contribution in [2.45, 2.75) is 25.6 Å². The quantitative estimate of drug-likeness (QED) is 0.699. The summed E-state index contributed by atoms with van der Waals surface area (Å²) in [6.07, 6.45) is -1.24. The van der Waals surface area contributed by atoms with Crippen molar-refractivity contribution in [2.24, 2.45) is 0 Å². The molecular formula is C21H18ClF3N2O3. The highest BCUT2D eigenvalue weighted by Crippen LogP contribution is 2.34. The van der Waals surface area contributed by atoms with Gasteiger partial charge in [-0.1, -0.05) is 35.9 Å². The maximum atomic E-state index is 12.7. The Balaban J connectivity index is 1.80. The van der Waals surface area contributed by atoms with E-state index < -0.39 is 24.7 Å². The fraction of sp³-hybridized carbons (Fsp3) is 0.238. The second-order valence-corrected chi connectivity index (χ2v) is 7.12. The van der Waals surface area contributed by atoms with Gasteiger partial charge in [-0.15, -0.1) is 0 Å². The lowest BCUT2D eigenvalue weighted by atomic mass is 9.93. The number of carbonyl (C=O) groups excluding carboxylic acids is 2. The molecule has 1 N–H and O–H groups in total. The van der Waals surface area contributed by atoms with Crippen molar-refractivity contribution in [2.75, 3.05) is 11.9 Å². The average molecular weight is 439 g/mol. The molecule has 0 radical (unpaired) electrons. The van der Waals surface area contributed by atoms with Crippen molar-refractivity contribution in [3.8, 4) is 5.75 Å². The highest BCUT2D eigenvalue weighted by atomic mass is 35.5. The van der Waals surface area contributed by atoms with Crippen LogP contribution in [0.15, 0.2) is 48.7 Å². The number of fused-ring (bicyclic) bond motifs is 1. The molecule has 9 heteroatoms. The van der Waals surface area contributed by atoms with Gasteiger partial charge in [0, 0.05) is 18.1 Å². The summed E-state index contributed by atoms with van der Waals surface area (Å²) in [7, 11) is 0. The molecule has 0 spiro atoms. The monoisotopic (exact) mass is 438 g/mol. The molecular weight excluding hydrogens is 421 g/mol. The van der Waals surface area contributed by atoms with E-state index in [2.05, 4.69) is 5.32 Å². The molecule has 2 amide bonds. The molecule has 2 aromatic rings. The molecule has 2 aromatic carbocycles. The summed E-state index contributed by atoms with van der Waals surface area (Å²) in [6, 6.07) is 10.7. The first-order chi connectivity index (χ1) is 14.1. The van der Waals surface area contributed by atoms with Gasteiger partial charge < -0.3 is 15.0 Å². The van der Waals surface area contributed by atoms with Gasteiger partial charge in [-0.2, -0.15) is 13.2 Å². The molecule has 1 atom stereocenters. The van der Waals surface area contributed by atoms with Crippen molar-refractivity contribution in [1.29, 1.82) is 0 Å². The van der Waals surface area contributed by atoms with Gasteiger partial charge in [-0.05, 0) is 35.4 Å². The average Bonchev–Trinajstić information content (AvgIpc) is 2.66. The molecule has 158 valence electrons. The Morgan fingerprint density at radius 2 is 1.93 bits per heavy atom. The first-order valence-electron chi connectivity index (χ1n) is 8.99. The third-order valence-corrected chi connectivity index (χ3v) is 4.69. The number of hydrogen-bond donors (Lipinski definition) is 1. The third-order valence-electron chi connectivity index (χ3n) is 4.45. The summed E-state index contributed by atoms with van der Waals surface area (Å²) >= 11 is 5.92. The van der Waals surface area contributed by atoms with Gasteiger partial charge in [0.05, 0.1) is 18.2 Å². The summed E-state index contributed by atoms with van der Waals surface area (Å²) in [5.74, 6) is -0.900. The molecule has 0 bridgehead atoms. The number of carbonyl (C=O) groups is 2. The van der Waals surface area contributed by atoms with Crippen LogP contribution in [0.25, 0.3) is 6.08 Å². The molecule has 30 heavy (non-hydrogen) atoms. The number of alkyl halides is 3. The Hall–Kier alpha value is -3.00. The predicted molar refractivity (Wildman–Crippen MR) is 107 cm³/mol. The number of anilines is 1. The number of nitrogens with zero attached hydrogens (tertiary/aromatic N) is 1. The SMILES string of the molecule is CC(=O)N1C=Cc2ccccc2C1CC(=O)Nc1cc(Cl)ccc1OCC(F)(F)F. The maximum Gasteiger partial charge on any atom is 0.422 e. The molecule has 1 aliphatic rings. The molecule has 1 heterocycles. The number of rotatable bonds is 5. The Labute approximate surface area is 176 Å². The first-order valence-corrected chi connectivity index (χ1v) is 9.37. The Morgan fingerprint density at radius 3 is 2.63 bits per heavy atom. The largest absolute Gasteiger partial charge is 0.482 e. The van der Waals surface area contributed by atoms with E-state index in [-0.39, 0.29) is 28.8 Å². The van der Waals surface area contributed by atoms with Gasteiger partial charge in [0.2, 0.25) is 11.8 Å². The normalized spacial score (nSPS) is 15.5. The standard InChI is InChI=1S/C21H18ClF3N2O3/c1-13(28)27-9-8-14-4-2-3-5-16(14)18(27)11-20(29)26-17-10-15(22)6-7-19(17)30-12-21(23,24)25/h2-10,18H,11-12H2,1H3,(H,26,29). The molecule has 0 saturated heterocycles. The van der Waals surface area contributed by atoms with Crippen LogP contribution in [0, 0.1) is 0 Å². The second-order valence-electron chi connectivity index (χ2n) is 6.68. The van der Waals surface area contributed by atoms with E-state index in [1.54, 1.807) is 18.3 Å². The summed E-state index contributed by atoms with van der Waals surface area (Å²) in [4.78, 5) is 26.2. The summed E-state index contributed by atoms with van der Waals surface area (Å²) in [6.45, 7) is -0.111. The van der Waals surface area contributed by atoms with Crippen LogP contribution in [0.1, 0.15) is 30.5 Å². The van der Waals surface area contributed by atoms with Crippen molar-refractivity contribution < 1.29 is 27.5 Å². The lowest BCUT2D eigenvalue weighted by Gasteiger charge is -2.32. The van der Waals surface area contributed by atoms with Crippen LogP contribution in [0.4, 0.5) is 18.9 Å². The minimum atomic E-state index is -4.53. The van der Waals surface area contributed by atoms with Gasteiger partial charge in [0.15, 0.2) is 6.61 Å². The lowest BCUT2D eigenvalue weighted by molar-refractivity contribution is -0.153. The zero-order valence-electron chi connectivity index (χ0n) is 15.9. The van der Waals surface area contributed by atoms with Crippen LogP contribution >= 0.6 is 11.6 Å². The van der Waals surface area contributed by atoms with E-state index in [9.17, 15) is 22.8 Å². The van der Waals surface area contributed by atoms with E-state index in [0.717, 1.165) is 11.1 Å². The molecule has 1 unspecified atom stereocenters. The van der Waals surface area contributed by atoms with Gasteiger partial charge in [-0.3, -0.25) is 9.59 Å². The number of benzene rings is 2. The molecule has 3 rings (SSSR count). The van der Waals surface area contributed by atoms with E-state index in [1.807, 2.05) is 18.2 Å². The van der Waals surface area contributed by atoms with Gasteiger partial charge in [-0.25, -0.2) is 0 Å². The topological polar surface area (TPSA) is 58.6 Å². The number of nitrogens with one attached hydrogen (secondary N) is 1. The van der Waals surface area contributed by atoms with Gasteiger partial charge >= 0.3 is 6.18 Å². The third kappa shape index (κ3) is 5.33. The number of hydrogen-bond acceptors (Lipinski definition) is 3. The van der Waals surface area contributed by atoms with Crippen LogP contribution in [0.5, 0.6) is 5.75 Å². The van der Waals surface area contributed by atoms with E-state index in [4.69, 9.17) is 16.3 Å². The van der Waals surface area contributed by atoms with E-state index in [1.165, 1.54) is 30.0 Å². The van der Waals surface area contributed by atoms with E-state index in [0.29, 0.717) is 0 Å². The fourth-order valence-electron chi connectivity index (χ4n) is 3.18.